The summed E-state index contributed by atoms with van der Waals surface area (Å²) in [5.41, 5.74) is 4.52. The molecule has 0 atom stereocenters. The smallest absolute Gasteiger partial charge is 0.336 e. The molecular weight excluding hydrogens is 416 g/mol. The van der Waals surface area contributed by atoms with Gasteiger partial charge in [-0.05, 0) is 61.4 Å². The van der Waals surface area contributed by atoms with Crippen LogP contribution in [0.3, 0.4) is 0 Å². The number of aryl methyl sites for hydroxylation is 1. The number of methoxy groups -OCH3 is 1. The average Bonchev–Trinajstić information content (AvgIpc) is 3.24. The maximum absolute atomic E-state index is 12.5. The number of anilines is 1. The number of amides is 1. The van der Waals surface area contributed by atoms with Gasteiger partial charge in [0.1, 0.15) is 5.75 Å². The van der Waals surface area contributed by atoms with Crippen molar-refractivity contribution < 1.29 is 14.3 Å². The number of rotatable bonds is 8. The molecule has 1 heterocycles. The molecule has 33 heavy (non-hydrogen) atoms. The van der Waals surface area contributed by atoms with Crippen molar-refractivity contribution in [3.05, 3.63) is 83.9 Å². The van der Waals surface area contributed by atoms with Crippen LogP contribution in [-0.2, 0) is 11.2 Å². The first-order valence-electron chi connectivity index (χ1n) is 10.8. The number of nitrogens with one attached hydrogen (secondary N) is 1. The Morgan fingerprint density at radius 3 is 2.39 bits per heavy atom. The molecule has 7 heteroatoms. The van der Waals surface area contributed by atoms with E-state index in [4.69, 9.17) is 9.47 Å². The van der Waals surface area contributed by atoms with Gasteiger partial charge in [0, 0.05) is 11.3 Å². The summed E-state index contributed by atoms with van der Waals surface area (Å²) in [6, 6.07) is 23.3. The normalized spacial score (nSPS) is 10.6. The molecule has 4 rings (SSSR count). The van der Waals surface area contributed by atoms with Crippen LogP contribution in [0.5, 0.6) is 11.8 Å². The molecule has 0 fully saturated rings. The van der Waals surface area contributed by atoms with Gasteiger partial charge in [-0.15, -0.1) is 5.10 Å². The van der Waals surface area contributed by atoms with Crippen molar-refractivity contribution in [3.63, 3.8) is 0 Å². The van der Waals surface area contributed by atoms with E-state index >= 15 is 0 Å². The van der Waals surface area contributed by atoms with E-state index < -0.39 is 0 Å². The summed E-state index contributed by atoms with van der Waals surface area (Å²) < 4.78 is 12.5. The number of benzene rings is 3. The fourth-order valence-electron chi connectivity index (χ4n) is 3.48. The van der Waals surface area contributed by atoms with Gasteiger partial charge in [0.05, 0.1) is 25.8 Å². The zero-order valence-electron chi connectivity index (χ0n) is 18.9. The van der Waals surface area contributed by atoms with Gasteiger partial charge < -0.3 is 14.8 Å². The van der Waals surface area contributed by atoms with Crippen LogP contribution in [0.2, 0.25) is 0 Å². The first-order chi connectivity index (χ1) is 16.1. The van der Waals surface area contributed by atoms with E-state index in [1.165, 1.54) is 0 Å². The number of carbonyl (C=O) groups excluding carboxylic acids is 1. The van der Waals surface area contributed by atoms with Gasteiger partial charge in [-0.1, -0.05) is 36.4 Å². The number of aromatic nitrogens is 3. The van der Waals surface area contributed by atoms with E-state index in [0.29, 0.717) is 24.1 Å². The summed E-state index contributed by atoms with van der Waals surface area (Å²) in [6.07, 6.45) is 0.282. The van der Waals surface area contributed by atoms with E-state index in [-0.39, 0.29) is 12.3 Å². The molecule has 168 valence electrons. The average molecular weight is 443 g/mol. The molecular formula is C26H26N4O3. The molecule has 1 aromatic heterocycles. The molecule has 0 spiro atoms. The van der Waals surface area contributed by atoms with Gasteiger partial charge in [0.2, 0.25) is 5.91 Å². The van der Waals surface area contributed by atoms with Crippen LogP contribution in [0.4, 0.5) is 5.69 Å². The third-order valence-corrected chi connectivity index (χ3v) is 5.17. The third-order valence-electron chi connectivity index (χ3n) is 5.17. The second kappa shape index (κ2) is 9.99. The van der Waals surface area contributed by atoms with E-state index in [1.807, 2.05) is 86.6 Å². The van der Waals surface area contributed by atoms with Crippen molar-refractivity contribution in [2.24, 2.45) is 0 Å². The van der Waals surface area contributed by atoms with Crippen LogP contribution in [0.25, 0.3) is 17.1 Å². The zero-order chi connectivity index (χ0) is 23.2. The number of hydrogen-bond donors (Lipinski definition) is 1. The lowest BCUT2D eigenvalue weighted by atomic mass is 10.1. The summed E-state index contributed by atoms with van der Waals surface area (Å²) >= 11 is 0. The van der Waals surface area contributed by atoms with Crippen LogP contribution in [0, 0.1) is 6.92 Å². The Balaban J connectivity index is 1.53. The molecule has 0 saturated heterocycles. The summed E-state index contributed by atoms with van der Waals surface area (Å²) in [4.78, 5) is 17.0. The SMILES string of the molecule is CCOc1nc(-c2ccccc2C)n(-c2ccc(NC(=O)Cc3ccc(OC)cc3)cc2)n1. The highest BCUT2D eigenvalue weighted by molar-refractivity contribution is 5.92. The molecule has 1 amide bonds. The van der Waals surface area contributed by atoms with E-state index in [2.05, 4.69) is 15.4 Å². The van der Waals surface area contributed by atoms with Crippen LogP contribution in [0.1, 0.15) is 18.1 Å². The lowest BCUT2D eigenvalue weighted by Crippen LogP contribution is -2.14. The van der Waals surface area contributed by atoms with E-state index in [1.54, 1.807) is 11.8 Å². The predicted molar refractivity (Wildman–Crippen MR) is 128 cm³/mol. The third kappa shape index (κ3) is 5.20. The fraction of sp³-hybridized carbons (Fsp3) is 0.192. The second-order valence-corrected chi connectivity index (χ2v) is 7.50. The molecule has 0 aliphatic heterocycles. The Kier molecular flexibility index (Phi) is 6.69. The topological polar surface area (TPSA) is 78.3 Å². The minimum absolute atomic E-state index is 0.0899. The van der Waals surface area contributed by atoms with Gasteiger partial charge in [-0.3, -0.25) is 4.79 Å². The molecule has 0 aliphatic rings. The first kappa shape index (κ1) is 22.1. The highest BCUT2D eigenvalue weighted by atomic mass is 16.5. The maximum atomic E-state index is 12.5. The first-order valence-corrected chi connectivity index (χ1v) is 10.8. The minimum atomic E-state index is -0.0899. The van der Waals surface area contributed by atoms with Crippen LogP contribution in [-0.4, -0.2) is 34.4 Å². The number of nitrogens with zero attached hydrogens (tertiary/aromatic N) is 3. The molecule has 0 unspecified atom stereocenters. The fourth-order valence-corrected chi connectivity index (χ4v) is 3.48. The Bertz CT molecular complexity index is 1230. The molecule has 0 saturated carbocycles. The number of ether oxygens (including phenoxy) is 2. The van der Waals surface area contributed by atoms with Gasteiger partial charge in [-0.2, -0.15) is 4.98 Å². The van der Waals surface area contributed by atoms with Crippen LogP contribution >= 0.6 is 0 Å². The molecule has 7 nitrogen and oxygen atoms in total. The molecule has 1 N–H and O–H groups in total. The molecule has 0 radical (unpaired) electrons. The van der Waals surface area contributed by atoms with Crippen molar-refractivity contribution in [3.8, 4) is 28.8 Å². The minimum Gasteiger partial charge on any atom is -0.497 e. The van der Waals surface area contributed by atoms with E-state index in [9.17, 15) is 4.79 Å². The van der Waals surface area contributed by atoms with Crippen LogP contribution in [0.15, 0.2) is 72.8 Å². The Labute approximate surface area is 193 Å². The van der Waals surface area contributed by atoms with Gasteiger partial charge in [-0.25, -0.2) is 4.68 Å². The molecule has 0 aliphatic carbocycles. The number of carbonyl (C=O) groups is 1. The van der Waals surface area contributed by atoms with Crippen molar-refractivity contribution in [1.29, 1.82) is 0 Å². The summed E-state index contributed by atoms with van der Waals surface area (Å²) in [6.45, 7) is 4.42. The van der Waals surface area contributed by atoms with E-state index in [0.717, 1.165) is 28.1 Å². The standard InChI is InChI=1S/C26H26N4O3/c1-4-33-26-28-25(23-8-6-5-7-18(23)2)30(29-26)21-13-11-20(12-14-21)27-24(31)17-19-9-15-22(32-3)16-10-19/h5-16H,4,17H2,1-3H3,(H,27,31). The van der Waals surface area contributed by atoms with Crippen molar-refractivity contribution >= 4 is 11.6 Å². The zero-order valence-corrected chi connectivity index (χ0v) is 18.9. The Morgan fingerprint density at radius 2 is 1.73 bits per heavy atom. The highest BCUT2D eigenvalue weighted by Gasteiger charge is 2.16. The Hall–Kier alpha value is -4.13. The molecule has 3 aromatic carbocycles. The van der Waals surface area contributed by atoms with Gasteiger partial charge in [0.25, 0.3) is 0 Å². The predicted octanol–water partition coefficient (Wildman–Crippen LogP) is 4.83. The van der Waals surface area contributed by atoms with Crippen molar-refractivity contribution in [2.45, 2.75) is 20.3 Å². The van der Waals surface area contributed by atoms with Gasteiger partial charge >= 0.3 is 6.01 Å². The van der Waals surface area contributed by atoms with Crippen LogP contribution < -0.4 is 14.8 Å². The molecule has 0 bridgehead atoms. The summed E-state index contributed by atoms with van der Waals surface area (Å²) in [5, 5.41) is 7.47. The largest absolute Gasteiger partial charge is 0.497 e. The summed E-state index contributed by atoms with van der Waals surface area (Å²) in [7, 11) is 1.62. The number of hydrogen-bond acceptors (Lipinski definition) is 5. The quantitative estimate of drug-likeness (QED) is 0.423. The van der Waals surface area contributed by atoms with Crippen molar-refractivity contribution in [2.75, 3.05) is 19.0 Å². The van der Waals surface area contributed by atoms with Gasteiger partial charge in [0.15, 0.2) is 5.82 Å². The van der Waals surface area contributed by atoms with Crippen molar-refractivity contribution in [1.82, 2.24) is 14.8 Å². The maximum Gasteiger partial charge on any atom is 0.336 e. The summed E-state index contributed by atoms with van der Waals surface area (Å²) in [5.74, 6) is 1.38. The molecule has 4 aromatic rings. The Morgan fingerprint density at radius 1 is 1.00 bits per heavy atom. The lowest BCUT2D eigenvalue weighted by molar-refractivity contribution is -0.115. The second-order valence-electron chi connectivity index (χ2n) is 7.50. The monoisotopic (exact) mass is 442 g/mol. The highest BCUT2D eigenvalue weighted by Crippen LogP contribution is 2.27. The lowest BCUT2D eigenvalue weighted by Gasteiger charge is -2.10.